The summed E-state index contributed by atoms with van der Waals surface area (Å²) in [6.07, 6.45) is 2.56. The molecule has 0 radical (unpaired) electrons. The second-order valence-corrected chi connectivity index (χ2v) is 8.66. The van der Waals surface area contributed by atoms with E-state index >= 15 is 0 Å². The molecule has 4 aromatic rings. The third-order valence-corrected chi connectivity index (χ3v) is 6.32. The molecule has 7 heteroatoms. The lowest BCUT2D eigenvalue weighted by Crippen LogP contribution is -2.40. The SMILES string of the molecule is Cl.O=C(OCCOc1ccc(C2CCNCC2OCc2ccc3ccccc3c2)cc1)c1ccco1. The summed E-state index contributed by atoms with van der Waals surface area (Å²) in [6.45, 7) is 2.82. The predicted octanol–water partition coefficient (Wildman–Crippen LogP) is 5.75. The standard InChI is InChI=1S/C29H29NO5.ClH/c31-29(27-6-3-15-33-27)34-17-16-32-25-11-9-23(10-12-25)26-13-14-30-19-28(26)35-20-21-7-8-22-4-1-2-5-24(22)18-21;/h1-12,15,18,26,28,30H,13-14,16-17,19-20H2;1H. The summed E-state index contributed by atoms with van der Waals surface area (Å²) in [6, 6.07) is 26.2. The first kappa shape index (κ1) is 25.8. The van der Waals surface area contributed by atoms with Crippen LogP contribution in [0.5, 0.6) is 5.75 Å². The Bertz CT molecular complexity index is 1240. The number of carbonyl (C=O) groups excluding carboxylic acids is 1. The van der Waals surface area contributed by atoms with Gasteiger partial charge in [0.2, 0.25) is 5.76 Å². The maximum absolute atomic E-state index is 11.8. The molecular formula is C29H30ClNO5. The Balaban J connectivity index is 0.00000304. The van der Waals surface area contributed by atoms with Crippen molar-refractivity contribution in [2.45, 2.75) is 25.0 Å². The molecule has 2 atom stereocenters. The molecule has 0 bridgehead atoms. The van der Waals surface area contributed by atoms with Crippen molar-refractivity contribution in [3.63, 3.8) is 0 Å². The smallest absolute Gasteiger partial charge is 0.374 e. The quantitative estimate of drug-likeness (QED) is 0.230. The first-order valence-corrected chi connectivity index (χ1v) is 12.0. The monoisotopic (exact) mass is 507 g/mol. The summed E-state index contributed by atoms with van der Waals surface area (Å²) in [5.74, 6) is 0.758. The summed E-state index contributed by atoms with van der Waals surface area (Å²) >= 11 is 0. The minimum absolute atomic E-state index is 0. The van der Waals surface area contributed by atoms with Gasteiger partial charge in [0, 0.05) is 12.5 Å². The average molecular weight is 508 g/mol. The molecule has 0 aliphatic carbocycles. The molecule has 0 saturated carbocycles. The van der Waals surface area contributed by atoms with E-state index in [1.165, 1.54) is 28.2 Å². The van der Waals surface area contributed by atoms with Gasteiger partial charge < -0.3 is 23.9 Å². The number of carbonyl (C=O) groups is 1. The lowest BCUT2D eigenvalue weighted by atomic mass is 9.87. The van der Waals surface area contributed by atoms with Crippen LogP contribution >= 0.6 is 12.4 Å². The molecule has 36 heavy (non-hydrogen) atoms. The van der Waals surface area contributed by atoms with E-state index in [1.807, 2.05) is 12.1 Å². The van der Waals surface area contributed by atoms with Crippen molar-refractivity contribution in [2.75, 3.05) is 26.3 Å². The Kier molecular flexibility index (Phi) is 9.01. The van der Waals surface area contributed by atoms with Gasteiger partial charge in [0.1, 0.15) is 19.0 Å². The number of furan rings is 1. The van der Waals surface area contributed by atoms with Gasteiger partial charge in [0.25, 0.3) is 0 Å². The van der Waals surface area contributed by atoms with Gasteiger partial charge in [-0.15, -0.1) is 12.4 Å². The van der Waals surface area contributed by atoms with Crippen LogP contribution in [-0.2, 0) is 16.1 Å². The van der Waals surface area contributed by atoms with Crippen LogP contribution in [0.3, 0.4) is 0 Å². The van der Waals surface area contributed by atoms with Gasteiger partial charge in [-0.3, -0.25) is 0 Å². The fraction of sp³-hybridized carbons (Fsp3) is 0.276. The van der Waals surface area contributed by atoms with Crippen LogP contribution in [0.1, 0.15) is 34.0 Å². The van der Waals surface area contributed by atoms with E-state index in [9.17, 15) is 4.79 Å². The summed E-state index contributed by atoms with van der Waals surface area (Å²) in [5, 5.41) is 5.94. The van der Waals surface area contributed by atoms with Gasteiger partial charge in [0.15, 0.2) is 0 Å². The van der Waals surface area contributed by atoms with Crippen molar-refractivity contribution in [2.24, 2.45) is 0 Å². The van der Waals surface area contributed by atoms with Crippen LogP contribution in [0, 0.1) is 0 Å². The largest absolute Gasteiger partial charge is 0.490 e. The van der Waals surface area contributed by atoms with Crippen LogP contribution in [0.4, 0.5) is 0 Å². The topological polar surface area (TPSA) is 69.9 Å². The van der Waals surface area contributed by atoms with Gasteiger partial charge in [-0.05, 0) is 65.2 Å². The van der Waals surface area contributed by atoms with Gasteiger partial charge in [-0.1, -0.05) is 48.5 Å². The van der Waals surface area contributed by atoms with Crippen LogP contribution in [0.25, 0.3) is 10.8 Å². The molecule has 0 spiro atoms. The molecular weight excluding hydrogens is 478 g/mol. The summed E-state index contributed by atoms with van der Waals surface area (Å²) in [4.78, 5) is 11.8. The molecule has 1 aliphatic rings. The van der Waals surface area contributed by atoms with Crippen molar-refractivity contribution in [1.82, 2.24) is 5.32 Å². The lowest BCUT2D eigenvalue weighted by molar-refractivity contribution is 0.0106. The molecule has 3 aromatic carbocycles. The highest BCUT2D eigenvalue weighted by Crippen LogP contribution is 2.30. The minimum Gasteiger partial charge on any atom is -0.490 e. The Morgan fingerprint density at radius 3 is 2.58 bits per heavy atom. The second-order valence-electron chi connectivity index (χ2n) is 8.66. The van der Waals surface area contributed by atoms with E-state index in [2.05, 4.69) is 59.9 Å². The number of nitrogens with one attached hydrogen (secondary N) is 1. The van der Waals surface area contributed by atoms with Gasteiger partial charge in [-0.2, -0.15) is 0 Å². The highest BCUT2D eigenvalue weighted by molar-refractivity contribution is 5.86. The zero-order chi connectivity index (χ0) is 23.9. The van der Waals surface area contributed by atoms with E-state index in [1.54, 1.807) is 12.1 Å². The molecule has 1 saturated heterocycles. The Hall–Kier alpha value is -3.32. The molecule has 5 rings (SSSR count). The molecule has 2 heterocycles. The highest BCUT2D eigenvalue weighted by atomic mass is 35.5. The number of benzene rings is 3. The predicted molar refractivity (Wildman–Crippen MR) is 141 cm³/mol. The van der Waals surface area contributed by atoms with Crippen molar-refractivity contribution in [1.29, 1.82) is 0 Å². The van der Waals surface area contributed by atoms with Crippen molar-refractivity contribution in [3.05, 3.63) is 102 Å². The number of hydrogen-bond acceptors (Lipinski definition) is 6. The number of rotatable bonds is 9. The third-order valence-electron chi connectivity index (χ3n) is 6.32. The number of esters is 1. The highest BCUT2D eigenvalue weighted by Gasteiger charge is 2.27. The zero-order valence-corrected chi connectivity index (χ0v) is 20.7. The molecule has 188 valence electrons. The minimum atomic E-state index is -0.491. The fourth-order valence-corrected chi connectivity index (χ4v) is 4.49. The Labute approximate surface area is 217 Å². The van der Waals surface area contributed by atoms with Gasteiger partial charge in [-0.25, -0.2) is 4.79 Å². The molecule has 1 N–H and O–H groups in total. The van der Waals surface area contributed by atoms with Crippen LogP contribution in [0.15, 0.2) is 89.5 Å². The maximum Gasteiger partial charge on any atom is 0.374 e. The van der Waals surface area contributed by atoms with Crippen molar-refractivity contribution in [3.8, 4) is 5.75 Å². The first-order valence-electron chi connectivity index (χ1n) is 12.0. The summed E-state index contributed by atoms with van der Waals surface area (Å²) < 4.78 is 22.3. The normalized spacial score (nSPS) is 17.3. The molecule has 1 fully saturated rings. The molecule has 1 aliphatic heterocycles. The fourth-order valence-electron chi connectivity index (χ4n) is 4.49. The van der Waals surface area contributed by atoms with Gasteiger partial charge in [0.05, 0.1) is 19.0 Å². The number of ether oxygens (including phenoxy) is 3. The molecule has 2 unspecified atom stereocenters. The van der Waals surface area contributed by atoms with E-state index in [0.29, 0.717) is 12.5 Å². The summed E-state index contributed by atoms with van der Waals surface area (Å²) in [5.41, 5.74) is 2.43. The average Bonchev–Trinajstić information content (AvgIpc) is 3.46. The van der Waals surface area contributed by atoms with E-state index in [4.69, 9.17) is 18.6 Å². The van der Waals surface area contributed by atoms with Crippen molar-refractivity contribution >= 4 is 29.1 Å². The van der Waals surface area contributed by atoms with Crippen LogP contribution < -0.4 is 10.1 Å². The number of piperidine rings is 1. The molecule has 1 aromatic heterocycles. The lowest BCUT2D eigenvalue weighted by Gasteiger charge is -2.32. The van der Waals surface area contributed by atoms with E-state index in [0.717, 1.165) is 25.3 Å². The maximum atomic E-state index is 11.8. The number of fused-ring (bicyclic) bond motifs is 1. The van der Waals surface area contributed by atoms with Gasteiger partial charge >= 0.3 is 5.97 Å². The van der Waals surface area contributed by atoms with Crippen LogP contribution in [0.2, 0.25) is 0 Å². The Morgan fingerprint density at radius 2 is 1.78 bits per heavy atom. The number of hydrogen-bond donors (Lipinski definition) is 1. The second kappa shape index (κ2) is 12.6. The first-order chi connectivity index (χ1) is 17.3. The zero-order valence-electron chi connectivity index (χ0n) is 19.9. The Morgan fingerprint density at radius 1 is 0.944 bits per heavy atom. The van der Waals surface area contributed by atoms with Crippen LogP contribution in [-0.4, -0.2) is 38.4 Å². The molecule has 6 nitrogen and oxygen atoms in total. The third kappa shape index (κ3) is 6.46. The molecule has 0 amide bonds. The van der Waals surface area contributed by atoms with E-state index in [-0.39, 0.29) is 37.5 Å². The number of halogens is 1. The summed E-state index contributed by atoms with van der Waals surface area (Å²) in [7, 11) is 0. The van der Waals surface area contributed by atoms with E-state index < -0.39 is 5.97 Å². The van der Waals surface area contributed by atoms with Crippen molar-refractivity contribution < 1.29 is 23.4 Å².